The van der Waals surface area contributed by atoms with E-state index in [1.807, 2.05) is 13.8 Å². The quantitative estimate of drug-likeness (QED) is 0.760. The Bertz CT molecular complexity index is 208. The summed E-state index contributed by atoms with van der Waals surface area (Å²) in [6, 6.07) is 0. The van der Waals surface area contributed by atoms with Crippen molar-refractivity contribution in [2.24, 2.45) is 5.73 Å². The molecule has 0 aromatic heterocycles. The first-order valence-electron chi connectivity index (χ1n) is 5.94. The highest BCUT2D eigenvalue weighted by atomic mass is 16.5. The van der Waals surface area contributed by atoms with Crippen LogP contribution in [0.3, 0.4) is 0 Å². The number of rotatable bonds is 5. The van der Waals surface area contributed by atoms with Gasteiger partial charge in [0.15, 0.2) is 5.78 Å². The first-order valence-corrected chi connectivity index (χ1v) is 5.94. The topological polar surface area (TPSA) is 52.3 Å². The van der Waals surface area contributed by atoms with Crippen molar-refractivity contribution in [3.8, 4) is 0 Å². The van der Waals surface area contributed by atoms with Crippen molar-refractivity contribution in [3.05, 3.63) is 0 Å². The Labute approximate surface area is 92.4 Å². The van der Waals surface area contributed by atoms with Crippen molar-refractivity contribution < 1.29 is 9.53 Å². The molecule has 1 saturated carbocycles. The van der Waals surface area contributed by atoms with Gasteiger partial charge in [0.1, 0.15) is 6.61 Å². The van der Waals surface area contributed by atoms with Crippen molar-refractivity contribution >= 4 is 5.78 Å². The largest absolute Gasteiger partial charge is 0.371 e. The Morgan fingerprint density at radius 3 is 2.47 bits per heavy atom. The van der Waals surface area contributed by atoms with Gasteiger partial charge in [-0.2, -0.15) is 0 Å². The monoisotopic (exact) mass is 213 g/mol. The van der Waals surface area contributed by atoms with Gasteiger partial charge in [-0.05, 0) is 26.7 Å². The minimum Gasteiger partial charge on any atom is -0.371 e. The molecule has 1 aliphatic rings. The molecule has 0 bridgehead atoms. The van der Waals surface area contributed by atoms with Gasteiger partial charge in [0, 0.05) is 12.0 Å². The fourth-order valence-electron chi connectivity index (χ4n) is 2.14. The predicted octanol–water partition coefficient (Wildman–Crippen LogP) is 2.03. The lowest BCUT2D eigenvalue weighted by Gasteiger charge is -2.32. The highest BCUT2D eigenvalue weighted by molar-refractivity contribution is 5.80. The van der Waals surface area contributed by atoms with Crippen molar-refractivity contribution in [1.29, 1.82) is 0 Å². The third-order valence-electron chi connectivity index (χ3n) is 2.98. The van der Waals surface area contributed by atoms with E-state index in [-0.39, 0.29) is 24.0 Å². The number of hydrogen-bond acceptors (Lipinski definition) is 3. The van der Waals surface area contributed by atoms with Gasteiger partial charge in [0.05, 0.1) is 6.10 Å². The van der Waals surface area contributed by atoms with Crippen LogP contribution in [0.4, 0.5) is 0 Å². The molecule has 1 aliphatic carbocycles. The number of hydrogen-bond donors (Lipinski definition) is 1. The summed E-state index contributed by atoms with van der Waals surface area (Å²) in [4.78, 5) is 11.6. The van der Waals surface area contributed by atoms with Crippen molar-refractivity contribution in [1.82, 2.24) is 0 Å². The molecule has 0 amide bonds. The van der Waals surface area contributed by atoms with Crippen LogP contribution in [-0.2, 0) is 9.53 Å². The van der Waals surface area contributed by atoms with Gasteiger partial charge in [0.2, 0.25) is 0 Å². The van der Waals surface area contributed by atoms with Crippen LogP contribution in [0.1, 0.15) is 52.4 Å². The minimum atomic E-state index is -0.240. The van der Waals surface area contributed by atoms with E-state index >= 15 is 0 Å². The number of Topliss-reactive ketones (excluding diaryl/α,β-unsaturated/α-hetero) is 1. The molecule has 0 radical (unpaired) electrons. The lowest BCUT2D eigenvalue weighted by molar-refractivity contribution is -0.126. The van der Waals surface area contributed by atoms with E-state index in [0.717, 1.165) is 25.7 Å². The molecule has 1 rings (SSSR count). The molecule has 0 saturated heterocycles. The van der Waals surface area contributed by atoms with Crippen LogP contribution in [0, 0.1) is 0 Å². The Morgan fingerprint density at radius 1 is 1.33 bits per heavy atom. The second-order valence-corrected chi connectivity index (χ2v) is 5.00. The van der Waals surface area contributed by atoms with Gasteiger partial charge in [-0.15, -0.1) is 0 Å². The maximum atomic E-state index is 11.6. The normalized spacial score (nSPS) is 20.5. The van der Waals surface area contributed by atoms with Crippen LogP contribution < -0.4 is 5.73 Å². The molecule has 88 valence electrons. The Morgan fingerprint density at radius 2 is 1.93 bits per heavy atom. The Balaban J connectivity index is 2.29. The van der Waals surface area contributed by atoms with Gasteiger partial charge < -0.3 is 10.5 Å². The lowest BCUT2D eigenvalue weighted by atomic mass is 9.79. The summed E-state index contributed by atoms with van der Waals surface area (Å²) < 4.78 is 5.29. The number of nitrogens with two attached hydrogens (primary N) is 1. The molecule has 0 aromatic rings. The molecule has 0 unspecified atom stereocenters. The molecule has 0 atom stereocenters. The average Bonchev–Trinajstić information content (AvgIpc) is 2.15. The summed E-state index contributed by atoms with van der Waals surface area (Å²) in [6.45, 7) is 4.09. The second-order valence-electron chi connectivity index (χ2n) is 5.00. The Kier molecular flexibility index (Phi) is 4.74. The number of ketones is 1. The van der Waals surface area contributed by atoms with E-state index in [0.29, 0.717) is 6.42 Å². The van der Waals surface area contributed by atoms with E-state index in [2.05, 4.69) is 0 Å². The van der Waals surface area contributed by atoms with E-state index < -0.39 is 0 Å². The molecular weight excluding hydrogens is 190 g/mol. The van der Waals surface area contributed by atoms with Crippen LogP contribution in [0.25, 0.3) is 0 Å². The standard InChI is InChI=1S/C12H23NO2/c1-10(2)15-9-11(14)8-12(13)6-4-3-5-7-12/h10H,3-9,13H2,1-2H3. The summed E-state index contributed by atoms with van der Waals surface area (Å²) in [5.74, 6) is 0.146. The van der Waals surface area contributed by atoms with Crippen molar-refractivity contribution in [3.63, 3.8) is 0 Å². The highest BCUT2D eigenvalue weighted by Gasteiger charge is 2.29. The maximum Gasteiger partial charge on any atom is 0.160 e. The highest BCUT2D eigenvalue weighted by Crippen LogP contribution is 2.28. The molecule has 0 heterocycles. The number of carbonyl (C=O) groups is 1. The fraction of sp³-hybridized carbons (Fsp3) is 0.917. The Hall–Kier alpha value is -0.410. The molecule has 3 heteroatoms. The molecule has 0 spiro atoms. The zero-order valence-electron chi connectivity index (χ0n) is 9.92. The third-order valence-corrected chi connectivity index (χ3v) is 2.98. The molecule has 15 heavy (non-hydrogen) atoms. The fourth-order valence-corrected chi connectivity index (χ4v) is 2.14. The summed E-state index contributed by atoms with van der Waals surface area (Å²) in [6.07, 6.45) is 6.16. The summed E-state index contributed by atoms with van der Waals surface area (Å²) in [5.41, 5.74) is 5.95. The van der Waals surface area contributed by atoms with Crippen LogP contribution in [0.2, 0.25) is 0 Å². The van der Waals surface area contributed by atoms with E-state index in [1.165, 1.54) is 6.42 Å². The van der Waals surface area contributed by atoms with E-state index in [1.54, 1.807) is 0 Å². The van der Waals surface area contributed by atoms with Gasteiger partial charge in [0.25, 0.3) is 0 Å². The van der Waals surface area contributed by atoms with Crippen LogP contribution in [-0.4, -0.2) is 24.0 Å². The van der Waals surface area contributed by atoms with Crippen molar-refractivity contribution in [2.45, 2.75) is 64.0 Å². The molecule has 1 fully saturated rings. The SMILES string of the molecule is CC(C)OCC(=O)CC1(N)CCCCC1. The molecule has 0 aromatic carbocycles. The predicted molar refractivity (Wildman–Crippen MR) is 60.7 cm³/mol. The van der Waals surface area contributed by atoms with Gasteiger partial charge in [-0.25, -0.2) is 0 Å². The average molecular weight is 213 g/mol. The van der Waals surface area contributed by atoms with Crippen LogP contribution in [0.5, 0.6) is 0 Å². The first-order chi connectivity index (χ1) is 7.02. The van der Waals surface area contributed by atoms with Gasteiger partial charge >= 0.3 is 0 Å². The van der Waals surface area contributed by atoms with E-state index in [4.69, 9.17) is 10.5 Å². The summed E-state index contributed by atoms with van der Waals surface area (Å²) >= 11 is 0. The molecular formula is C12H23NO2. The molecule has 0 aliphatic heterocycles. The second kappa shape index (κ2) is 5.61. The summed E-state index contributed by atoms with van der Waals surface area (Å²) in [5, 5.41) is 0. The lowest BCUT2D eigenvalue weighted by Crippen LogP contribution is -2.44. The maximum absolute atomic E-state index is 11.6. The third kappa shape index (κ3) is 4.76. The number of carbonyl (C=O) groups excluding carboxylic acids is 1. The number of ether oxygens (including phenoxy) is 1. The molecule has 3 nitrogen and oxygen atoms in total. The van der Waals surface area contributed by atoms with Crippen LogP contribution >= 0.6 is 0 Å². The zero-order valence-corrected chi connectivity index (χ0v) is 9.92. The van der Waals surface area contributed by atoms with Crippen molar-refractivity contribution in [2.75, 3.05) is 6.61 Å². The smallest absolute Gasteiger partial charge is 0.160 e. The first kappa shape index (κ1) is 12.7. The minimum absolute atomic E-state index is 0.119. The van der Waals surface area contributed by atoms with Gasteiger partial charge in [-0.1, -0.05) is 19.3 Å². The summed E-state index contributed by atoms with van der Waals surface area (Å²) in [7, 11) is 0. The van der Waals surface area contributed by atoms with E-state index in [9.17, 15) is 4.79 Å². The zero-order chi connectivity index (χ0) is 11.3. The molecule has 2 N–H and O–H groups in total. The van der Waals surface area contributed by atoms with Gasteiger partial charge in [-0.3, -0.25) is 4.79 Å². The van der Waals surface area contributed by atoms with Crippen LogP contribution in [0.15, 0.2) is 0 Å².